The van der Waals surface area contributed by atoms with Crippen LogP contribution in [0.4, 0.5) is 0 Å². The third-order valence-electron chi connectivity index (χ3n) is 8.23. The third kappa shape index (κ3) is 4.87. The van der Waals surface area contributed by atoms with Crippen LogP contribution in [0.1, 0.15) is 67.9 Å². The Labute approximate surface area is 223 Å². The molecule has 1 aromatic carbocycles. The number of benzene rings is 1. The minimum atomic E-state index is -3.81. The molecule has 0 spiro atoms. The third-order valence-corrected chi connectivity index (χ3v) is 10.1. The van der Waals surface area contributed by atoms with Crippen molar-refractivity contribution in [1.82, 2.24) is 24.7 Å². The first-order chi connectivity index (χ1) is 18.5. The first kappa shape index (κ1) is 25.2. The van der Waals surface area contributed by atoms with Crippen LogP contribution in [0.5, 0.6) is 0 Å². The van der Waals surface area contributed by atoms with Gasteiger partial charge in [0.2, 0.25) is 27.6 Å². The van der Waals surface area contributed by atoms with Gasteiger partial charge in [-0.05, 0) is 80.3 Å². The van der Waals surface area contributed by atoms with Crippen molar-refractivity contribution in [1.29, 1.82) is 0 Å². The van der Waals surface area contributed by atoms with E-state index >= 15 is 0 Å². The van der Waals surface area contributed by atoms with E-state index in [2.05, 4.69) is 20.4 Å². The molecule has 3 aromatic rings. The molecular weight excluding hydrogens is 502 g/mol. The Hall–Kier alpha value is -3.11. The van der Waals surface area contributed by atoms with Crippen molar-refractivity contribution < 1.29 is 17.7 Å². The molecule has 1 saturated carbocycles. The summed E-state index contributed by atoms with van der Waals surface area (Å²) in [5.74, 6) is 0.0756. The average molecular weight is 536 g/mol. The number of fused-ring (bicyclic) bond motifs is 2. The minimum Gasteiger partial charge on any atom is -0.356 e. The molecule has 3 atom stereocenters. The number of nitrogens with one attached hydrogen (secondary N) is 1. The smallest absolute Gasteiger partial charge is 0.243 e. The SMILES string of the molecule is O=C1NCCCCCCN(S(=O)(=O)c2ccc3c(c2)CCC3)[C@H]2C[C@H](c3nc(-c4cccnc4)no3)C[C@@H]12. The van der Waals surface area contributed by atoms with E-state index in [0.29, 0.717) is 42.5 Å². The van der Waals surface area contributed by atoms with Crippen LogP contribution in [0.25, 0.3) is 11.4 Å². The van der Waals surface area contributed by atoms with Crippen molar-refractivity contribution >= 4 is 15.9 Å². The van der Waals surface area contributed by atoms with Crippen molar-refractivity contribution in [3.8, 4) is 11.4 Å². The number of carbonyl (C=O) groups excluding carboxylic acids is 1. The molecule has 2 fully saturated rings. The van der Waals surface area contributed by atoms with Crippen molar-refractivity contribution in [2.24, 2.45) is 5.92 Å². The number of sulfonamides is 1. The number of aromatic nitrogens is 3. The van der Waals surface area contributed by atoms with Gasteiger partial charge in [0, 0.05) is 43.0 Å². The maximum absolute atomic E-state index is 14.2. The Morgan fingerprint density at radius 1 is 1.00 bits per heavy atom. The van der Waals surface area contributed by atoms with Crippen LogP contribution < -0.4 is 5.32 Å². The van der Waals surface area contributed by atoms with E-state index in [0.717, 1.165) is 56.1 Å². The molecule has 6 rings (SSSR count). The topological polar surface area (TPSA) is 118 Å². The van der Waals surface area contributed by atoms with E-state index in [1.807, 2.05) is 24.3 Å². The molecule has 2 aromatic heterocycles. The Balaban J connectivity index is 1.34. The molecule has 1 saturated heterocycles. The normalized spacial score (nSPS) is 24.8. The number of hydrogen-bond donors (Lipinski definition) is 1. The molecule has 0 bridgehead atoms. The standard InChI is InChI=1S/C28H33N5O4S/c34-27-24-16-22(28-31-26(32-37-28)21-9-6-12-29-18-21)17-25(24)33(14-4-2-1-3-13-30-27)38(35,36)23-11-10-19-7-5-8-20(19)15-23/h6,9-12,15,18,22,24-25H,1-5,7-8,13-14,16-17H2,(H,30,34)/t22-,24-,25+/m1/s1. The number of hydrogen-bond acceptors (Lipinski definition) is 7. The van der Waals surface area contributed by atoms with E-state index in [4.69, 9.17) is 4.52 Å². The van der Waals surface area contributed by atoms with Crippen molar-refractivity contribution in [2.75, 3.05) is 13.1 Å². The largest absolute Gasteiger partial charge is 0.356 e. The van der Waals surface area contributed by atoms with Gasteiger partial charge in [-0.15, -0.1) is 0 Å². The first-order valence-corrected chi connectivity index (χ1v) is 15.1. The Morgan fingerprint density at radius 3 is 2.74 bits per heavy atom. The fourth-order valence-electron chi connectivity index (χ4n) is 6.23. The number of nitrogens with zero attached hydrogens (tertiary/aromatic N) is 4. The zero-order chi connectivity index (χ0) is 26.1. The maximum Gasteiger partial charge on any atom is 0.243 e. The first-order valence-electron chi connectivity index (χ1n) is 13.7. The summed E-state index contributed by atoms with van der Waals surface area (Å²) in [5.41, 5.74) is 3.10. The van der Waals surface area contributed by atoms with Crippen LogP contribution >= 0.6 is 0 Å². The monoisotopic (exact) mass is 535 g/mol. The highest BCUT2D eigenvalue weighted by Crippen LogP contribution is 2.43. The van der Waals surface area contributed by atoms with Gasteiger partial charge in [-0.2, -0.15) is 9.29 Å². The molecule has 2 aliphatic carbocycles. The molecule has 38 heavy (non-hydrogen) atoms. The highest BCUT2D eigenvalue weighted by atomic mass is 32.2. The fraction of sp³-hybridized carbons (Fsp3) is 0.500. The number of rotatable bonds is 4. The predicted octanol–water partition coefficient (Wildman–Crippen LogP) is 3.86. The number of amides is 1. The summed E-state index contributed by atoms with van der Waals surface area (Å²) in [6, 6.07) is 8.74. The summed E-state index contributed by atoms with van der Waals surface area (Å²) >= 11 is 0. The Morgan fingerprint density at radius 2 is 1.87 bits per heavy atom. The second kappa shape index (κ2) is 10.6. The Bertz CT molecular complexity index is 1410. The molecule has 1 N–H and O–H groups in total. The lowest BCUT2D eigenvalue weighted by Gasteiger charge is -2.31. The van der Waals surface area contributed by atoms with Crippen LogP contribution in [0.2, 0.25) is 0 Å². The second-order valence-electron chi connectivity index (χ2n) is 10.6. The van der Waals surface area contributed by atoms with Crippen LogP contribution in [0, 0.1) is 5.92 Å². The zero-order valence-electron chi connectivity index (χ0n) is 21.4. The van der Waals surface area contributed by atoms with Gasteiger partial charge < -0.3 is 9.84 Å². The molecule has 200 valence electrons. The van der Waals surface area contributed by atoms with E-state index in [9.17, 15) is 13.2 Å². The molecule has 3 heterocycles. The van der Waals surface area contributed by atoms with Gasteiger partial charge in [-0.3, -0.25) is 9.78 Å². The zero-order valence-corrected chi connectivity index (χ0v) is 22.2. The molecule has 1 amide bonds. The predicted molar refractivity (Wildman–Crippen MR) is 141 cm³/mol. The lowest BCUT2D eigenvalue weighted by molar-refractivity contribution is -0.125. The molecule has 0 radical (unpaired) electrons. The summed E-state index contributed by atoms with van der Waals surface area (Å²) in [4.78, 5) is 22.4. The van der Waals surface area contributed by atoms with Gasteiger partial charge >= 0.3 is 0 Å². The van der Waals surface area contributed by atoms with E-state index in [1.165, 1.54) is 5.56 Å². The number of pyridine rings is 1. The quantitative estimate of drug-likeness (QED) is 0.539. The molecule has 10 heteroatoms. The lowest BCUT2D eigenvalue weighted by atomic mass is 10.0. The molecule has 9 nitrogen and oxygen atoms in total. The van der Waals surface area contributed by atoms with Crippen LogP contribution in [0.3, 0.4) is 0 Å². The highest BCUT2D eigenvalue weighted by Gasteiger charge is 2.47. The van der Waals surface area contributed by atoms with Gasteiger partial charge in [-0.25, -0.2) is 8.42 Å². The van der Waals surface area contributed by atoms with Crippen molar-refractivity contribution in [3.63, 3.8) is 0 Å². The van der Waals surface area contributed by atoms with Gasteiger partial charge in [0.1, 0.15) is 0 Å². The molecular formula is C28H33N5O4S. The van der Waals surface area contributed by atoms with Crippen molar-refractivity contribution in [3.05, 3.63) is 59.7 Å². The van der Waals surface area contributed by atoms with Gasteiger partial charge in [-0.1, -0.05) is 24.1 Å². The summed E-state index contributed by atoms with van der Waals surface area (Å²) in [5, 5.41) is 7.20. The lowest BCUT2D eigenvalue weighted by Crippen LogP contribution is -2.47. The highest BCUT2D eigenvalue weighted by molar-refractivity contribution is 7.89. The van der Waals surface area contributed by atoms with E-state index in [1.54, 1.807) is 22.8 Å². The summed E-state index contributed by atoms with van der Waals surface area (Å²) in [6.07, 6.45) is 10.8. The number of carbonyl (C=O) groups is 1. The van der Waals surface area contributed by atoms with Crippen molar-refractivity contribution in [2.45, 2.75) is 74.6 Å². The summed E-state index contributed by atoms with van der Waals surface area (Å²) in [7, 11) is -3.81. The van der Waals surface area contributed by atoms with Crippen LogP contribution in [-0.2, 0) is 27.7 Å². The minimum absolute atomic E-state index is 0.0967. The van der Waals surface area contributed by atoms with Crippen LogP contribution in [0.15, 0.2) is 52.1 Å². The molecule has 1 aliphatic heterocycles. The summed E-state index contributed by atoms with van der Waals surface area (Å²) in [6.45, 7) is 1.00. The van der Waals surface area contributed by atoms with Gasteiger partial charge in [0.25, 0.3) is 0 Å². The Kier molecular flexibility index (Phi) is 7.01. The van der Waals surface area contributed by atoms with Gasteiger partial charge in [0.15, 0.2) is 0 Å². The van der Waals surface area contributed by atoms with E-state index < -0.39 is 22.0 Å². The van der Waals surface area contributed by atoms with E-state index in [-0.39, 0.29) is 11.8 Å². The average Bonchev–Trinajstić information content (AvgIpc) is 3.69. The summed E-state index contributed by atoms with van der Waals surface area (Å²) < 4.78 is 35.6. The molecule has 3 aliphatic rings. The fourth-order valence-corrected chi connectivity index (χ4v) is 7.99. The van der Waals surface area contributed by atoms with Crippen LogP contribution in [-0.4, -0.2) is 52.9 Å². The van der Waals surface area contributed by atoms with Gasteiger partial charge in [0.05, 0.1) is 10.8 Å². The molecule has 0 unspecified atom stereocenters. The second-order valence-corrected chi connectivity index (χ2v) is 12.5. The maximum atomic E-state index is 14.2. The number of aryl methyl sites for hydroxylation is 2.